The van der Waals surface area contributed by atoms with Gasteiger partial charge in [0.25, 0.3) is 0 Å². The number of urea groups is 1. The molecule has 6 heteroatoms. The van der Waals surface area contributed by atoms with Gasteiger partial charge in [0.15, 0.2) is 6.29 Å². The number of carbonyl (C=O) groups excluding carboxylic acids is 1. The van der Waals surface area contributed by atoms with Crippen LogP contribution < -0.4 is 5.48 Å². The van der Waals surface area contributed by atoms with Crippen molar-refractivity contribution in [1.82, 2.24) is 10.4 Å². The van der Waals surface area contributed by atoms with Crippen LogP contribution in [-0.4, -0.2) is 37.4 Å². The minimum atomic E-state index is -0.302. The van der Waals surface area contributed by atoms with Gasteiger partial charge in [-0.2, -0.15) is 0 Å². The molecule has 1 saturated heterocycles. The molecule has 1 unspecified atom stereocenters. The number of rotatable bonds is 5. The number of nitrogens with zero attached hydrogens (tertiary/aromatic N) is 1. The molecule has 1 aromatic heterocycles. The summed E-state index contributed by atoms with van der Waals surface area (Å²) in [6.45, 7) is 1.37. The lowest BCUT2D eigenvalue weighted by atomic mass is 10.2. The van der Waals surface area contributed by atoms with E-state index in [1.54, 1.807) is 23.3 Å². The molecule has 1 aromatic rings. The van der Waals surface area contributed by atoms with Gasteiger partial charge in [0.05, 0.1) is 0 Å². The average Bonchev–Trinajstić information content (AvgIpc) is 2.96. The fourth-order valence-corrected chi connectivity index (χ4v) is 2.53. The van der Waals surface area contributed by atoms with Gasteiger partial charge in [-0.15, -0.1) is 11.3 Å². The quantitative estimate of drug-likeness (QED) is 0.845. The van der Waals surface area contributed by atoms with Crippen molar-refractivity contribution in [3.8, 4) is 0 Å². The van der Waals surface area contributed by atoms with Crippen molar-refractivity contribution in [2.45, 2.75) is 32.0 Å². The number of hydrogen-bond acceptors (Lipinski definition) is 4. The van der Waals surface area contributed by atoms with Crippen LogP contribution in [0.1, 0.15) is 24.1 Å². The highest BCUT2D eigenvalue weighted by Crippen LogP contribution is 2.12. The first-order valence-electron chi connectivity index (χ1n) is 6.56. The second kappa shape index (κ2) is 7.47. The van der Waals surface area contributed by atoms with E-state index in [1.165, 1.54) is 4.88 Å². The van der Waals surface area contributed by atoms with E-state index in [0.29, 0.717) is 13.2 Å². The van der Waals surface area contributed by atoms with Crippen LogP contribution in [0.5, 0.6) is 0 Å². The van der Waals surface area contributed by atoms with Gasteiger partial charge >= 0.3 is 6.03 Å². The van der Waals surface area contributed by atoms with Gasteiger partial charge < -0.3 is 9.64 Å². The molecule has 2 amide bonds. The molecule has 1 N–H and O–H groups in total. The van der Waals surface area contributed by atoms with Crippen molar-refractivity contribution in [2.75, 3.05) is 20.2 Å². The van der Waals surface area contributed by atoms with E-state index in [9.17, 15) is 4.79 Å². The van der Waals surface area contributed by atoms with Gasteiger partial charge in [0.1, 0.15) is 0 Å². The van der Waals surface area contributed by atoms with E-state index >= 15 is 0 Å². The van der Waals surface area contributed by atoms with Crippen LogP contribution >= 0.6 is 11.3 Å². The Morgan fingerprint density at radius 1 is 1.63 bits per heavy atom. The predicted molar refractivity (Wildman–Crippen MR) is 73.9 cm³/mol. The summed E-state index contributed by atoms with van der Waals surface area (Å²) in [6.07, 6.45) is 3.53. The Morgan fingerprint density at radius 3 is 3.21 bits per heavy atom. The molecule has 0 aliphatic carbocycles. The molecule has 19 heavy (non-hydrogen) atoms. The normalized spacial score (nSPS) is 19.1. The maximum absolute atomic E-state index is 11.8. The van der Waals surface area contributed by atoms with Gasteiger partial charge in [-0.3, -0.25) is 0 Å². The third-order valence-electron chi connectivity index (χ3n) is 3.04. The summed E-state index contributed by atoms with van der Waals surface area (Å²) in [6, 6.07) is 3.86. The topological polar surface area (TPSA) is 50.8 Å². The molecule has 0 radical (unpaired) electrons. The summed E-state index contributed by atoms with van der Waals surface area (Å²) >= 11 is 1.70. The summed E-state index contributed by atoms with van der Waals surface area (Å²) in [7, 11) is 1.76. The van der Waals surface area contributed by atoms with Crippen molar-refractivity contribution in [3.05, 3.63) is 22.4 Å². The van der Waals surface area contributed by atoms with Crippen molar-refractivity contribution >= 4 is 17.4 Å². The van der Waals surface area contributed by atoms with Crippen LogP contribution in [0.2, 0.25) is 0 Å². The summed E-state index contributed by atoms with van der Waals surface area (Å²) in [5, 5.41) is 2.04. The molecule has 0 aromatic carbocycles. The van der Waals surface area contributed by atoms with E-state index in [0.717, 1.165) is 25.7 Å². The number of hydroxylamine groups is 1. The maximum atomic E-state index is 11.8. The van der Waals surface area contributed by atoms with Gasteiger partial charge in [-0.05, 0) is 30.7 Å². The van der Waals surface area contributed by atoms with Crippen LogP contribution in [0.15, 0.2) is 17.5 Å². The van der Waals surface area contributed by atoms with Crippen molar-refractivity contribution in [1.29, 1.82) is 0 Å². The summed E-state index contributed by atoms with van der Waals surface area (Å²) in [4.78, 5) is 19.9. The summed E-state index contributed by atoms with van der Waals surface area (Å²) in [5.41, 5.74) is 2.45. The largest absolute Gasteiger partial charge is 0.350 e. The fourth-order valence-electron chi connectivity index (χ4n) is 1.83. The second-order valence-electron chi connectivity index (χ2n) is 4.57. The maximum Gasteiger partial charge on any atom is 0.341 e. The monoisotopic (exact) mass is 284 g/mol. The van der Waals surface area contributed by atoms with Crippen LogP contribution in [0.25, 0.3) is 0 Å². The summed E-state index contributed by atoms with van der Waals surface area (Å²) in [5.74, 6) is 0. The standard InChI is InChI=1S/C13H20N2O3S/c1-15(8-7-11-5-4-10-19-11)13(16)14-18-12-6-2-3-9-17-12/h4-5,10,12H,2-3,6-9H2,1H3,(H,14,16). The van der Waals surface area contributed by atoms with E-state index in [1.807, 2.05) is 11.4 Å². The minimum Gasteiger partial charge on any atom is -0.350 e. The molecule has 1 aliphatic heterocycles. The highest BCUT2D eigenvalue weighted by molar-refractivity contribution is 7.09. The number of ether oxygens (including phenoxy) is 1. The second-order valence-corrected chi connectivity index (χ2v) is 5.60. The highest BCUT2D eigenvalue weighted by Gasteiger charge is 2.17. The lowest BCUT2D eigenvalue weighted by Gasteiger charge is -2.24. The first-order chi connectivity index (χ1) is 9.25. The average molecular weight is 284 g/mol. The zero-order chi connectivity index (χ0) is 13.5. The number of likely N-dealkylation sites (N-methyl/N-ethyl adjacent to an activating group) is 1. The molecule has 0 bridgehead atoms. The van der Waals surface area contributed by atoms with Gasteiger partial charge in [0.2, 0.25) is 0 Å². The van der Waals surface area contributed by atoms with Crippen LogP contribution in [0.4, 0.5) is 4.79 Å². The number of carbonyl (C=O) groups is 1. The molecule has 5 nitrogen and oxygen atoms in total. The Kier molecular flexibility index (Phi) is 5.62. The van der Waals surface area contributed by atoms with Gasteiger partial charge in [0, 0.05) is 31.5 Å². The Morgan fingerprint density at radius 2 is 2.53 bits per heavy atom. The van der Waals surface area contributed by atoms with Crippen molar-refractivity contribution in [2.24, 2.45) is 0 Å². The predicted octanol–water partition coefficient (Wildman–Crippen LogP) is 2.39. The summed E-state index contributed by atoms with van der Waals surface area (Å²) < 4.78 is 5.37. The number of nitrogens with one attached hydrogen (secondary N) is 1. The third kappa shape index (κ3) is 4.81. The zero-order valence-corrected chi connectivity index (χ0v) is 11.9. The van der Waals surface area contributed by atoms with E-state index in [4.69, 9.17) is 9.57 Å². The van der Waals surface area contributed by atoms with Crippen LogP contribution in [0, 0.1) is 0 Å². The molecule has 1 aliphatic rings. The molecule has 2 heterocycles. The van der Waals surface area contributed by atoms with Gasteiger partial charge in [-0.25, -0.2) is 15.1 Å². The SMILES string of the molecule is CN(CCc1cccs1)C(=O)NOC1CCCCO1. The van der Waals surface area contributed by atoms with E-state index in [-0.39, 0.29) is 12.3 Å². The number of amides is 2. The Labute approximate surface area is 117 Å². The lowest BCUT2D eigenvalue weighted by molar-refractivity contribution is -0.187. The third-order valence-corrected chi connectivity index (χ3v) is 3.97. The Balaban J connectivity index is 1.64. The molecular weight excluding hydrogens is 264 g/mol. The zero-order valence-electron chi connectivity index (χ0n) is 11.1. The molecule has 0 spiro atoms. The minimum absolute atomic E-state index is 0.231. The van der Waals surface area contributed by atoms with Crippen LogP contribution in [0.3, 0.4) is 0 Å². The van der Waals surface area contributed by atoms with Crippen LogP contribution in [-0.2, 0) is 16.0 Å². The molecular formula is C13H20N2O3S. The molecule has 0 saturated carbocycles. The first-order valence-corrected chi connectivity index (χ1v) is 7.44. The number of hydrogen-bond donors (Lipinski definition) is 1. The van der Waals surface area contributed by atoms with Crippen molar-refractivity contribution in [3.63, 3.8) is 0 Å². The van der Waals surface area contributed by atoms with Crippen molar-refractivity contribution < 1.29 is 14.4 Å². The van der Waals surface area contributed by atoms with E-state index < -0.39 is 0 Å². The van der Waals surface area contributed by atoms with Gasteiger partial charge in [-0.1, -0.05) is 6.07 Å². The molecule has 1 atom stereocenters. The molecule has 106 valence electrons. The van der Waals surface area contributed by atoms with E-state index in [2.05, 4.69) is 11.5 Å². The smallest absolute Gasteiger partial charge is 0.341 e. The highest BCUT2D eigenvalue weighted by atomic mass is 32.1. The molecule has 2 rings (SSSR count). The number of thiophene rings is 1. The Bertz CT molecular complexity index is 377. The fraction of sp³-hybridized carbons (Fsp3) is 0.615. The first kappa shape index (κ1) is 14.3. The molecule has 1 fully saturated rings. The Hall–Kier alpha value is -1.11. The lowest BCUT2D eigenvalue weighted by Crippen LogP contribution is -2.41.